The standard InChI is InChI=1S/C14H18N4O3/c1-2-8-3-5-9(6-4-8)12-17-13(21-18-12)10-11(14(19)20)16-7-15-10/h7-9H,2-6H2,1H3,(H,15,16)(H,19,20). The molecule has 21 heavy (non-hydrogen) atoms. The maximum Gasteiger partial charge on any atom is 0.356 e. The summed E-state index contributed by atoms with van der Waals surface area (Å²) in [5.74, 6) is 0.859. The van der Waals surface area contributed by atoms with Crippen LogP contribution in [-0.4, -0.2) is 31.2 Å². The Labute approximate surface area is 121 Å². The fourth-order valence-electron chi connectivity index (χ4n) is 2.95. The smallest absolute Gasteiger partial charge is 0.356 e. The first-order valence-corrected chi connectivity index (χ1v) is 7.29. The molecule has 1 saturated carbocycles. The summed E-state index contributed by atoms with van der Waals surface area (Å²) in [6, 6.07) is 0. The Hall–Kier alpha value is -2.18. The number of carboxylic acids is 1. The summed E-state index contributed by atoms with van der Waals surface area (Å²) < 4.78 is 5.21. The molecule has 7 nitrogen and oxygen atoms in total. The van der Waals surface area contributed by atoms with E-state index in [-0.39, 0.29) is 17.3 Å². The molecule has 7 heteroatoms. The molecule has 0 spiro atoms. The fourth-order valence-corrected chi connectivity index (χ4v) is 2.95. The lowest BCUT2D eigenvalue weighted by Crippen LogP contribution is -2.13. The number of carboxylic acid groups (broad SMARTS) is 1. The van der Waals surface area contributed by atoms with Crippen LogP contribution in [0.5, 0.6) is 0 Å². The summed E-state index contributed by atoms with van der Waals surface area (Å²) in [5.41, 5.74) is 0.170. The van der Waals surface area contributed by atoms with Crippen LogP contribution in [0.1, 0.15) is 61.3 Å². The minimum atomic E-state index is -1.12. The van der Waals surface area contributed by atoms with Gasteiger partial charge in [-0.15, -0.1) is 0 Å². The summed E-state index contributed by atoms with van der Waals surface area (Å²) in [6.07, 6.45) is 7.04. The molecule has 0 bridgehead atoms. The third-order valence-electron chi connectivity index (χ3n) is 4.29. The first kappa shape index (κ1) is 13.8. The number of H-pyrrole nitrogens is 1. The summed E-state index contributed by atoms with van der Waals surface area (Å²) in [4.78, 5) is 21.9. The van der Waals surface area contributed by atoms with E-state index < -0.39 is 5.97 Å². The van der Waals surface area contributed by atoms with Crippen LogP contribution in [0, 0.1) is 5.92 Å². The Balaban J connectivity index is 1.78. The van der Waals surface area contributed by atoms with E-state index in [9.17, 15) is 4.79 Å². The first-order valence-electron chi connectivity index (χ1n) is 7.29. The summed E-state index contributed by atoms with van der Waals surface area (Å²) in [6.45, 7) is 2.23. The van der Waals surface area contributed by atoms with E-state index in [1.807, 2.05) is 0 Å². The zero-order valence-electron chi connectivity index (χ0n) is 11.9. The van der Waals surface area contributed by atoms with Crippen molar-refractivity contribution in [1.82, 2.24) is 20.1 Å². The molecule has 0 aliphatic heterocycles. The third kappa shape index (κ3) is 2.68. The molecule has 0 atom stereocenters. The van der Waals surface area contributed by atoms with Crippen molar-refractivity contribution in [2.45, 2.75) is 44.9 Å². The van der Waals surface area contributed by atoms with Crippen LogP contribution in [0.4, 0.5) is 0 Å². The molecule has 0 saturated heterocycles. The first-order chi connectivity index (χ1) is 10.2. The van der Waals surface area contributed by atoms with Gasteiger partial charge in [0, 0.05) is 5.92 Å². The van der Waals surface area contributed by atoms with Gasteiger partial charge in [-0.05, 0) is 31.6 Å². The Morgan fingerprint density at radius 3 is 2.86 bits per heavy atom. The van der Waals surface area contributed by atoms with Gasteiger partial charge >= 0.3 is 5.97 Å². The number of hydrogen-bond donors (Lipinski definition) is 2. The zero-order chi connectivity index (χ0) is 14.8. The number of rotatable bonds is 4. The van der Waals surface area contributed by atoms with Crippen LogP contribution in [0.15, 0.2) is 10.9 Å². The molecular weight excluding hydrogens is 272 g/mol. The molecular formula is C14H18N4O3. The molecule has 3 rings (SSSR count). The van der Waals surface area contributed by atoms with Crippen molar-refractivity contribution in [3.63, 3.8) is 0 Å². The minimum Gasteiger partial charge on any atom is -0.476 e. The number of hydrogen-bond acceptors (Lipinski definition) is 5. The normalized spacial score (nSPS) is 22.3. The van der Waals surface area contributed by atoms with Gasteiger partial charge in [0.2, 0.25) is 0 Å². The van der Waals surface area contributed by atoms with Crippen molar-refractivity contribution in [3.05, 3.63) is 17.8 Å². The third-order valence-corrected chi connectivity index (χ3v) is 4.29. The van der Waals surface area contributed by atoms with Crippen LogP contribution >= 0.6 is 0 Å². The van der Waals surface area contributed by atoms with Crippen molar-refractivity contribution in [2.75, 3.05) is 0 Å². The second-order valence-electron chi connectivity index (χ2n) is 5.51. The molecule has 0 amide bonds. The van der Waals surface area contributed by atoms with Gasteiger partial charge in [-0.1, -0.05) is 18.5 Å². The second kappa shape index (κ2) is 5.67. The minimum absolute atomic E-state index is 0.0973. The van der Waals surface area contributed by atoms with Crippen molar-refractivity contribution in [3.8, 4) is 11.6 Å². The van der Waals surface area contributed by atoms with Crippen LogP contribution < -0.4 is 0 Å². The van der Waals surface area contributed by atoms with Gasteiger partial charge in [-0.3, -0.25) is 0 Å². The quantitative estimate of drug-likeness (QED) is 0.897. The lowest BCUT2D eigenvalue weighted by molar-refractivity contribution is 0.0691. The molecule has 112 valence electrons. The van der Waals surface area contributed by atoms with E-state index in [1.54, 1.807) is 0 Å². The highest BCUT2D eigenvalue weighted by atomic mass is 16.5. The Bertz CT molecular complexity index is 626. The lowest BCUT2D eigenvalue weighted by Gasteiger charge is -2.25. The van der Waals surface area contributed by atoms with Gasteiger partial charge in [-0.2, -0.15) is 4.98 Å². The molecule has 2 N–H and O–H groups in total. The van der Waals surface area contributed by atoms with E-state index in [0.717, 1.165) is 18.8 Å². The van der Waals surface area contributed by atoms with Crippen LogP contribution in [0.25, 0.3) is 11.6 Å². The number of aromatic carboxylic acids is 1. The maximum absolute atomic E-state index is 11.1. The Morgan fingerprint density at radius 1 is 1.43 bits per heavy atom. The Kier molecular flexibility index (Phi) is 3.72. The highest BCUT2D eigenvalue weighted by molar-refractivity contribution is 5.91. The molecule has 2 heterocycles. The zero-order valence-corrected chi connectivity index (χ0v) is 11.9. The van der Waals surface area contributed by atoms with Crippen molar-refractivity contribution in [1.29, 1.82) is 0 Å². The number of carbonyl (C=O) groups is 1. The van der Waals surface area contributed by atoms with E-state index in [1.165, 1.54) is 25.6 Å². The molecule has 0 radical (unpaired) electrons. The van der Waals surface area contributed by atoms with Crippen LogP contribution in [-0.2, 0) is 0 Å². The second-order valence-corrected chi connectivity index (χ2v) is 5.51. The van der Waals surface area contributed by atoms with E-state index in [4.69, 9.17) is 9.63 Å². The van der Waals surface area contributed by atoms with E-state index >= 15 is 0 Å². The van der Waals surface area contributed by atoms with Gasteiger partial charge in [0.25, 0.3) is 5.89 Å². The van der Waals surface area contributed by atoms with E-state index in [2.05, 4.69) is 27.0 Å². The van der Waals surface area contributed by atoms with Crippen molar-refractivity contribution >= 4 is 5.97 Å². The summed E-state index contributed by atoms with van der Waals surface area (Å²) >= 11 is 0. The molecule has 1 aliphatic carbocycles. The van der Waals surface area contributed by atoms with Gasteiger partial charge < -0.3 is 14.6 Å². The highest BCUT2D eigenvalue weighted by Crippen LogP contribution is 2.36. The maximum atomic E-state index is 11.1. The number of imidazole rings is 1. The average molecular weight is 290 g/mol. The number of aromatic nitrogens is 4. The molecule has 2 aromatic rings. The summed E-state index contributed by atoms with van der Waals surface area (Å²) in [7, 11) is 0. The molecule has 2 aromatic heterocycles. The van der Waals surface area contributed by atoms with Crippen molar-refractivity contribution < 1.29 is 14.4 Å². The Morgan fingerprint density at radius 2 is 2.19 bits per heavy atom. The van der Waals surface area contributed by atoms with Crippen molar-refractivity contribution in [2.24, 2.45) is 5.92 Å². The highest BCUT2D eigenvalue weighted by Gasteiger charge is 2.27. The fraction of sp³-hybridized carbons (Fsp3) is 0.571. The molecule has 0 unspecified atom stereocenters. The van der Waals surface area contributed by atoms with Gasteiger partial charge in [0.05, 0.1) is 6.33 Å². The topological polar surface area (TPSA) is 105 Å². The number of aromatic amines is 1. The van der Waals surface area contributed by atoms with E-state index in [0.29, 0.717) is 11.7 Å². The largest absolute Gasteiger partial charge is 0.476 e. The van der Waals surface area contributed by atoms with Gasteiger partial charge in [-0.25, -0.2) is 9.78 Å². The van der Waals surface area contributed by atoms with Gasteiger partial charge in [0.15, 0.2) is 11.5 Å². The van der Waals surface area contributed by atoms with Gasteiger partial charge in [0.1, 0.15) is 5.69 Å². The number of nitrogens with one attached hydrogen (secondary N) is 1. The molecule has 1 aliphatic rings. The van der Waals surface area contributed by atoms with Crippen LogP contribution in [0.2, 0.25) is 0 Å². The average Bonchev–Trinajstić information content (AvgIpc) is 3.16. The molecule has 1 fully saturated rings. The SMILES string of the molecule is CCC1CCC(c2noc(-c3[nH]cnc3C(=O)O)n2)CC1. The summed E-state index contributed by atoms with van der Waals surface area (Å²) in [5, 5.41) is 13.1. The predicted octanol–water partition coefficient (Wildman–Crippen LogP) is 2.84. The monoisotopic (exact) mass is 290 g/mol. The molecule has 0 aromatic carbocycles. The van der Waals surface area contributed by atoms with Crippen LogP contribution in [0.3, 0.4) is 0 Å². The lowest BCUT2D eigenvalue weighted by atomic mass is 9.80. The number of nitrogens with zero attached hydrogens (tertiary/aromatic N) is 3. The predicted molar refractivity (Wildman–Crippen MR) is 73.8 cm³/mol.